The van der Waals surface area contributed by atoms with E-state index in [1.807, 2.05) is 24.0 Å². The molecule has 0 bridgehead atoms. The molecule has 11 heteroatoms. The molecule has 2 aromatic rings. The number of nitrogens with zero attached hydrogens (tertiary/aromatic N) is 2. The summed E-state index contributed by atoms with van der Waals surface area (Å²) >= 11 is 0. The van der Waals surface area contributed by atoms with E-state index in [9.17, 15) is 18.0 Å². The first-order valence-electron chi connectivity index (χ1n) is 10.4. The Morgan fingerprint density at radius 3 is 2.73 bits per heavy atom. The van der Waals surface area contributed by atoms with Crippen molar-refractivity contribution in [3.05, 3.63) is 48.2 Å². The Morgan fingerprint density at radius 2 is 2.12 bits per heavy atom. The molecule has 2 aliphatic rings. The second-order valence-corrected chi connectivity index (χ2v) is 7.92. The van der Waals surface area contributed by atoms with Crippen LogP contribution in [0.15, 0.2) is 41.3 Å². The molecule has 1 aliphatic heterocycles. The number of alkyl halides is 3. The lowest BCUT2D eigenvalue weighted by atomic mass is 9.89. The standard InChI is InChI=1S/C20H24N2O4.C2HF3O2/c1-15-18(6-10-24-15)19(23)22-9-11-26-20(14-22)7-2-4-16(20)13-25-17-5-3-8-21-12-17;3-2(4,5)1(6)7/h3,5-6,8,10,12,16H,2,4,7,9,11,13-14H2,1H3;(H,6,7)/t16-,20-;/m1./s1. The molecule has 0 radical (unpaired) electrons. The number of furan rings is 1. The van der Waals surface area contributed by atoms with Gasteiger partial charge in [-0.2, -0.15) is 13.2 Å². The monoisotopic (exact) mass is 470 g/mol. The van der Waals surface area contributed by atoms with Crippen LogP contribution in [-0.4, -0.2) is 64.9 Å². The van der Waals surface area contributed by atoms with Crippen LogP contribution in [0.1, 0.15) is 35.4 Å². The minimum absolute atomic E-state index is 0.0257. The molecule has 2 fully saturated rings. The number of ether oxygens (including phenoxy) is 2. The van der Waals surface area contributed by atoms with Crippen LogP contribution in [0, 0.1) is 12.8 Å². The molecule has 0 unspecified atom stereocenters. The van der Waals surface area contributed by atoms with Crippen molar-refractivity contribution in [1.82, 2.24) is 9.88 Å². The van der Waals surface area contributed by atoms with Gasteiger partial charge in [-0.1, -0.05) is 0 Å². The fourth-order valence-corrected chi connectivity index (χ4v) is 4.13. The molecule has 3 heterocycles. The molecule has 180 valence electrons. The van der Waals surface area contributed by atoms with E-state index in [4.69, 9.17) is 23.8 Å². The van der Waals surface area contributed by atoms with Crippen LogP contribution < -0.4 is 4.74 Å². The first kappa shape index (κ1) is 24.6. The molecule has 2 aromatic heterocycles. The molecule has 33 heavy (non-hydrogen) atoms. The summed E-state index contributed by atoms with van der Waals surface area (Å²) in [7, 11) is 0. The van der Waals surface area contributed by atoms with Gasteiger partial charge in [0.1, 0.15) is 11.5 Å². The normalized spacial score (nSPS) is 22.5. The van der Waals surface area contributed by atoms with Gasteiger partial charge in [-0.15, -0.1) is 0 Å². The number of morpholine rings is 1. The third-order valence-corrected chi connectivity index (χ3v) is 5.81. The van der Waals surface area contributed by atoms with Crippen LogP contribution in [0.3, 0.4) is 0 Å². The van der Waals surface area contributed by atoms with E-state index in [1.54, 1.807) is 24.7 Å². The number of hydrogen-bond donors (Lipinski definition) is 1. The largest absolute Gasteiger partial charge is 0.492 e. The van der Waals surface area contributed by atoms with E-state index in [0.717, 1.165) is 25.0 Å². The van der Waals surface area contributed by atoms with E-state index in [0.29, 0.717) is 37.6 Å². The van der Waals surface area contributed by atoms with Crippen molar-refractivity contribution >= 4 is 11.9 Å². The summed E-state index contributed by atoms with van der Waals surface area (Å²) in [5.41, 5.74) is 0.330. The summed E-state index contributed by atoms with van der Waals surface area (Å²) in [6.07, 6.45) is 3.04. The molecular formula is C22H25F3N2O6. The Kier molecular flexibility index (Phi) is 7.62. The molecular weight excluding hydrogens is 445 g/mol. The highest BCUT2D eigenvalue weighted by Crippen LogP contribution is 2.41. The van der Waals surface area contributed by atoms with Crippen LogP contribution in [0.25, 0.3) is 0 Å². The number of carboxylic acids is 1. The maximum atomic E-state index is 12.9. The molecule has 1 N–H and O–H groups in total. The summed E-state index contributed by atoms with van der Waals surface area (Å²) in [5, 5.41) is 7.12. The number of aliphatic carboxylic acids is 1. The van der Waals surface area contributed by atoms with Crippen molar-refractivity contribution in [3.63, 3.8) is 0 Å². The zero-order valence-electron chi connectivity index (χ0n) is 18.0. The maximum absolute atomic E-state index is 12.9. The molecule has 8 nitrogen and oxygen atoms in total. The Balaban J connectivity index is 0.000000383. The number of carboxylic acid groups (broad SMARTS) is 1. The zero-order chi connectivity index (χ0) is 24.1. The summed E-state index contributed by atoms with van der Waals surface area (Å²) in [6.45, 7) is 4.19. The highest BCUT2D eigenvalue weighted by molar-refractivity contribution is 5.95. The Bertz CT molecular complexity index is 949. The lowest BCUT2D eigenvalue weighted by Gasteiger charge is -2.44. The smallest absolute Gasteiger partial charge is 0.490 e. The van der Waals surface area contributed by atoms with Gasteiger partial charge in [0.15, 0.2) is 0 Å². The van der Waals surface area contributed by atoms with Gasteiger partial charge in [-0.3, -0.25) is 9.78 Å². The summed E-state index contributed by atoms with van der Waals surface area (Å²) in [5.74, 6) is -1.03. The average Bonchev–Trinajstić information content (AvgIpc) is 3.38. The molecule has 2 atom stereocenters. The molecule has 4 rings (SSSR count). The number of pyridine rings is 1. The predicted molar refractivity (Wildman–Crippen MR) is 109 cm³/mol. The quantitative estimate of drug-likeness (QED) is 0.727. The van der Waals surface area contributed by atoms with Gasteiger partial charge in [0.05, 0.1) is 43.4 Å². The molecule has 0 aromatic carbocycles. The van der Waals surface area contributed by atoms with E-state index in [2.05, 4.69) is 4.98 Å². The predicted octanol–water partition coefficient (Wildman–Crippen LogP) is 3.71. The third-order valence-electron chi connectivity index (χ3n) is 5.81. The number of amides is 1. The van der Waals surface area contributed by atoms with Gasteiger partial charge in [0.25, 0.3) is 5.91 Å². The van der Waals surface area contributed by atoms with E-state index >= 15 is 0 Å². The minimum Gasteiger partial charge on any atom is -0.492 e. The lowest BCUT2D eigenvalue weighted by molar-refractivity contribution is -0.192. The number of hydrogen-bond acceptors (Lipinski definition) is 6. The number of aromatic nitrogens is 1. The number of carbonyl (C=O) groups excluding carboxylic acids is 1. The number of rotatable bonds is 4. The highest BCUT2D eigenvalue weighted by atomic mass is 19.4. The first-order valence-corrected chi connectivity index (χ1v) is 10.4. The van der Waals surface area contributed by atoms with Crippen molar-refractivity contribution in [3.8, 4) is 5.75 Å². The van der Waals surface area contributed by atoms with Crippen molar-refractivity contribution < 1.29 is 41.8 Å². The van der Waals surface area contributed by atoms with Gasteiger partial charge in [-0.25, -0.2) is 4.79 Å². The number of aryl methyl sites for hydroxylation is 1. The topological polar surface area (TPSA) is 102 Å². The van der Waals surface area contributed by atoms with Crippen molar-refractivity contribution in [2.45, 2.75) is 38.0 Å². The van der Waals surface area contributed by atoms with Gasteiger partial charge >= 0.3 is 12.1 Å². The van der Waals surface area contributed by atoms with Crippen molar-refractivity contribution in [1.29, 1.82) is 0 Å². The van der Waals surface area contributed by atoms with Gasteiger partial charge < -0.3 is 23.9 Å². The summed E-state index contributed by atoms with van der Waals surface area (Å²) in [6, 6.07) is 5.52. The van der Waals surface area contributed by atoms with Gasteiger partial charge in [0.2, 0.25) is 0 Å². The average molecular weight is 470 g/mol. The Morgan fingerprint density at radius 1 is 1.36 bits per heavy atom. The summed E-state index contributed by atoms with van der Waals surface area (Å²) < 4.78 is 49.2. The van der Waals surface area contributed by atoms with E-state index in [-0.39, 0.29) is 17.4 Å². The van der Waals surface area contributed by atoms with E-state index in [1.165, 1.54) is 0 Å². The minimum atomic E-state index is -5.08. The maximum Gasteiger partial charge on any atom is 0.490 e. The lowest BCUT2D eigenvalue weighted by Crippen LogP contribution is -2.56. The first-order chi connectivity index (χ1) is 15.6. The Labute approximate surface area is 188 Å². The van der Waals surface area contributed by atoms with Crippen LogP contribution >= 0.6 is 0 Å². The van der Waals surface area contributed by atoms with Crippen LogP contribution in [0.2, 0.25) is 0 Å². The molecule has 1 aliphatic carbocycles. The van der Waals surface area contributed by atoms with Gasteiger partial charge in [0, 0.05) is 18.7 Å². The van der Waals surface area contributed by atoms with Crippen LogP contribution in [0.4, 0.5) is 13.2 Å². The SMILES string of the molecule is Cc1occc1C(=O)N1CCO[C@]2(CCC[C@@H]2COc2cccnc2)C1.O=C(O)C(F)(F)F. The molecule has 1 saturated carbocycles. The van der Waals surface area contributed by atoms with Crippen LogP contribution in [0.5, 0.6) is 5.75 Å². The van der Waals surface area contributed by atoms with Crippen molar-refractivity contribution in [2.24, 2.45) is 5.92 Å². The highest BCUT2D eigenvalue weighted by Gasteiger charge is 2.48. The fourth-order valence-electron chi connectivity index (χ4n) is 4.13. The summed E-state index contributed by atoms with van der Waals surface area (Å²) in [4.78, 5) is 27.8. The fraction of sp³-hybridized carbons (Fsp3) is 0.500. The zero-order valence-corrected chi connectivity index (χ0v) is 18.0. The van der Waals surface area contributed by atoms with E-state index < -0.39 is 12.1 Å². The number of carbonyl (C=O) groups is 2. The third kappa shape index (κ3) is 6.04. The molecule has 1 amide bonds. The number of halogens is 3. The molecule has 1 spiro atoms. The van der Waals surface area contributed by atoms with Crippen molar-refractivity contribution in [2.75, 3.05) is 26.3 Å². The second kappa shape index (κ2) is 10.2. The Hall–Kier alpha value is -3.08. The van der Waals surface area contributed by atoms with Crippen LogP contribution in [-0.2, 0) is 9.53 Å². The molecule has 1 saturated heterocycles. The second-order valence-electron chi connectivity index (χ2n) is 7.92. The van der Waals surface area contributed by atoms with Gasteiger partial charge in [-0.05, 0) is 44.4 Å².